The summed E-state index contributed by atoms with van der Waals surface area (Å²) in [6.45, 7) is 4.08. The van der Waals surface area contributed by atoms with Crippen LogP contribution in [0.1, 0.15) is 30.4 Å². The van der Waals surface area contributed by atoms with Gasteiger partial charge in [0.25, 0.3) is 0 Å². The van der Waals surface area contributed by atoms with Gasteiger partial charge in [-0.1, -0.05) is 30.3 Å². The summed E-state index contributed by atoms with van der Waals surface area (Å²) in [5.74, 6) is 1.000. The number of aromatic nitrogens is 2. The number of para-hydroxylation sites is 1. The van der Waals surface area contributed by atoms with Crippen LogP contribution in [0.15, 0.2) is 39.5 Å². The quantitative estimate of drug-likeness (QED) is 0.728. The number of nitrogens with one attached hydrogen (secondary N) is 1. The minimum absolute atomic E-state index is 0.0470. The molecule has 0 radical (unpaired) electrons. The second kappa shape index (κ2) is 7.40. The van der Waals surface area contributed by atoms with Gasteiger partial charge in [-0.3, -0.25) is 4.79 Å². The van der Waals surface area contributed by atoms with Gasteiger partial charge in [-0.25, -0.2) is 0 Å². The van der Waals surface area contributed by atoms with Crippen molar-refractivity contribution in [3.8, 4) is 11.4 Å². The monoisotopic (exact) mass is 341 g/mol. The SMILES string of the molecule is CCc1cccc(C)c1NC(=O)CCc1nc(-c2ccsc2)no1. The molecule has 0 saturated carbocycles. The van der Waals surface area contributed by atoms with Crippen molar-refractivity contribution in [3.63, 3.8) is 0 Å². The fraction of sp³-hybridized carbons (Fsp3) is 0.278. The second-order valence-electron chi connectivity index (χ2n) is 5.53. The number of aryl methyl sites for hydroxylation is 3. The standard InChI is InChI=1S/C18H19N3O2S/c1-3-13-6-4-5-12(2)17(13)19-15(22)7-8-16-20-18(21-23-16)14-9-10-24-11-14/h4-6,9-11H,3,7-8H2,1-2H3,(H,19,22). The minimum atomic E-state index is -0.0470. The van der Waals surface area contributed by atoms with Crippen LogP contribution in [0.5, 0.6) is 0 Å². The first-order chi connectivity index (χ1) is 11.7. The van der Waals surface area contributed by atoms with Crippen molar-refractivity contribution >= 4 is 22.9 Å². The smallest absolute Gasteiger partial charge is 0.227 e. The van der Waals surface area contributed by atoms with Crippen LogP contribution >= 0.6 is 11.3 Å². The maximum absolute atomic E-state index is 12.2. The van der Waals surface area contributed by atoms with E-state index < -0.39 is 0 Å². The van der Waals surface area contributed by atoms with Gasteiger partial charge in [-0.2, -0.15) is 16.3 Å². The number of carbonyl (C=O) groups excluding carboxylic acids is 1. The number of anilines is 1. The van der Waals surface area contributed by atoms with E-state index in [-0.39, 0.29) is 5.91 Å². The van der Waals surface area contributed by atoms with E-state index in [0.29, 0.717) is 24.6 Å². The zero-order valence-electron chi connectivity index (χ0n) is 13.7. The van der Waals surface area contributed by atoms with Crippen LogP contribution in [0, 0.1) is 6.92 Å². The zero-order valence-corrected chi connectivity index (χ0v) is 14.5. The highest BCUT2D eigenvalue weighted by molar-refractivity contribution is 7.08. The molecule has 0 atom stereocenters. The maximum Gasteiger partial charge on any atom is 0.227 e. The molecule has 2 heterocycles. The lowest BCUT2D eigenvalue weighted by atomic mass is 10.1. The molecule has 0 spiro atoms. The topological polar surface area (TPSA) is 68.0 Å². The van der Waals surface area contributed by atoms with Crippen molar-refractivity contribution in [3.05, 3.63) is 52.0 Å². The van der Waals surface area contributed by atoms with Gasteiger partial charge in [0, 0.05) is 29.5 Å². The predicted molar refractivity (Wildman–Crippen MR) is 95.1 cm³/mol. The van der Waals surface area contributed by atoms with Gasteiger partial charge in [-0.05, 0) is 35.9 Å². The van der Waals surface area contributed by atoms with Crippen LogP contribution in [-0.4, -0.2) is 16.0 Å². The summed E-state index contributed by atoms with van der Waals surface area (Å²) in [5.41, 5.74) is 4.06. The molecule has 0 unspecified atom stereocenters. The van der Waals surface area contributed by atoms with Gasteiger partial charge in [0.1, 0.15) is 0 Å². The van der Waals surface area contributed by atoms with E-state index in [1.54, 1.807) is 11.3 Å². The van der Waals surface area contributed by atoms with Crippen molar-refractivity contribution in [2.24, 2.45) is 0 Å². The minimum Gasteiger partial charge on any atom is -0.339 e. The molecule has 3 rings (SSSR count). The van der Waals surface area contributed by atoms with E-state index >= 15 is 0 Å². The molecule has 0 aliphatic carbocycles. The molecule has 0 saturated heterocycles. The summed E-state index contributed by atoms with van der Waals surface area (Å²) in [7, 11) is 0. The van der Waals surface area contributed by atoms with Gasteiger partial charge in [0.2, 0.25) is 17.6 Å². The maximum atomic E-state index is 12.2. The summed E-state index contributed by atoms with van der Waals surface area (Å²) in [5, 5.41) is 10.9. The van der Waals surface area contributed by atoms with Crippen molar-refractivity contribution in [2.45, 2.75) is 33.1 Å². The Morgan fingerprint density at radius 3 is 2.96 bits per heavy atom. The molecule has 6 heteroatoms. The number of hydrogen-bond acceptors (Lipinski definition) is 5. The highest BCUT2D eigenvalue weighted by atomic mass is 32.1. The van der Waals surface area contributed by atoms with E-state index in [1.165, 1.54) is 0 Å². The fourth-order valence-corrected chi connectivity index (χ4v) is 3.12. The Balaban J connectivity index is 1.60. The normalized spacial score (nSPS) is 10.8. The van der Waals surface area contributed by atoms with Gasteiger partial charge in [0.15, 0.2) is 0 Å². The van der Waals surface area contributed by atoms with E-state index in [1.807, 2.05) is 41.9 Å². The fourth-order valence-electron chi connectivity index (χ4n) is 2.49. The number of hydrogen-bond donors (Lipinski definition) is 1. The Labute approximate surface area is 144 Å². The Kier molecular flexibility index (Phi) is 5.05. The van der Waals surface area contributed by atoms with E-state index in [2.05, 4.69) is 22.4 Å². The highest BCUT2D eigenvalue weighted by Crippen LogP contribution is 2.22. The molecule has 1 aromatic carbocycles. The van der Waals surface area contributed by atoms with Crippen molar-refractivity contribution in [2.75, 3.05) is 5.32 Å². The molecule has 2 aromatic heterocycles. The third-order valence-corrected chi connectivity index (χ3v) is 4.50. The lowest BCUT2D eigenvalue weighted by molar-refractivity contribution is -0.116. The largest absolute Gasteiger partial charge is 0.339 e. The molecule has 0 fully saturated rings. The molecular formula is C18H19N3O2S. The summed E-state index contributed by atoms with van der Waals surface area (Å²) in [6.07, 6.45) is 1.62. The van der Waals surface area contributed by atoms with Gasteiger partial charge >= 0.3 is 0 Å². The molecule has 124 valence electrons. The molecule has 3 aromatic rings. The molecule has 0 aliphatic rings. The Morgan fingerprint density at radius 1 is 1.33 bits per heavy atom. The molecule has 0 aliphatic heterocycles. The van der Waals surface area contributed by atoms with Crippen LogP contribution < -0.4 is 5.32 Å². The molecule has 0 bridgehead atoms. The first-order valence-corrected chi connectivity index (χ1v) is 8.85. The molecule has 1 amide bonds. The first kappa shape index (κ1) is 16.4. The Bertz CT molecular complexity index is 825. The van der Waals surface area contributed by atoms with E-state index in [9.17, 15) is 4.79 Å². The van der Waals surface area contributed by atoms with Crippen LogP contribution in [-0.2, 0) is 17.6 Å². The number of rotatable bonds is 6. The van der Waals surface area contributed by atoms with Crippen molar-refractivity contribution in [1.82, 2.24) is 10.1 Å². The second-order valence-corrected chi connectivity index (χ2v) is 6.31. The number of carbonyl (C=O) groups is 1. The van der Waals surface area contributed by atoms with E-state index in [4.69, 9.17) is 4.52 Å². The van der Waals surface area contributed by atoms with Crippen molar-refractivity contribution in [1.29, 1.82) is 0 Å². The summed E-state index contributed by atoms with van der Waals surface area (Å²) in [6, 6.07) is 7.98. The van der Waals surface area contributed by atoms with Gasteiger partial charge in [0.05, 0.1) is 0 Å². The number of benzene rings is 1. The van der Waals surface area contributed by atoms with Gasteiger partial charge < -0.3 is 9.84 Å². The number of nitrogens with zero attached hydrogens (tertiary/aromatic N) is 2. The van der Waals surface area contributed by atoms with Crippen LogP contribution in [0.4, 0.5) is 5.69 Å². The van der Waals surface area contributed by atoms with E-state index in [0.717, 1.165) is 28.8 Å². The lowest BCUT2D eigenvalue weighted by Gasteiger charge is -2.12. The first-order valence-electron chi connectivity index (χ1n) is 7.91. The molecular weight excluding hydrogens is 322 g/mol. The van der Waals surface area contributed by atoms with Crippen LogP contribution in [0.25, 0.3) is 11.4 Å². The van der Waals surface area contributed by atoms with Crippen LogP contribution in [0.3, 0.4) is 0 Å². The zero-order chi connectivity index (χ0) is 16.9. The summed E-state index contributed by atoms with van der Waals surface area (Å²) in [4.78, 5) is 16.6. The summed E-state index contributed by atoms with van der Waals surface area (Å²) >= 11 is 1.58. The number of thiophene rings is 1. The lowest BCUT2D eigenvalue weighted by Crippen LogP contribution is -2.14. The highest BCUT2D eigenvalue weighted by Gasteiger charge is 2.12. The number of amides is 1. The Hall–Kier alpha value is -2.47. The van der Waals surface area contributed by atoms with Gasteiger partial charge in [-0.15, -0.1) is 0 Å². The average molecular weight is 341 g/mol. The van der Waals surface area contributed by atoms with Crippen LogP contribution in [0.2, 0.25) is 0 Å². The average Bonchev–Trinajstić information content (AvgIpc) is 3.26. The third kappa shape index (κ3) is 3.71. The molecule has 5 nitrogen and oxygen atoms in total. The Morgan fingerprint density at radius 2 is 2.21 bits per heavy atom. The van der Waals surface area contributed by atoms with Crippen molar-refractivity contribution < 1.29 is 9.32 Å². The predicted octanol–water partition coefficient (Wildman–Crippen LogP) is 4.24. The third-order valence-electron chi connectivity index (χ3n) is 3.82. The summed E-state index contributed by atoms with van der Waals surface area (Å²) < 4.78 is 5.22. The molecule has 1 N–H and O–H groups in total. The molecule has 24 heavy (non-hydrogen) atoms.